The van der Waals surface area contributed by atoms with Crippen LogP contribution >= 0.6 is 0 Å². The first kappa shape index (κ1) is 13.9. The van der Waals surface area contributed by atoms with Crippen LogP contribution in [0.4, 0.5) is 17.1 Å². The van der Waals surface area contributed by atoms with Gasteiger partial charge >= 0.3 is 128 Å². The predicted molar refractivity (Wildman–Crippen MR) is 83.0 cm³/mol. The summed E-state index contributed by atoms with van der Waals surface area (Å²) in [6, 6.07) is 13.4. The molecule has 0 radical (unpaired) electrons. The van der Waals surface area contributed by atoms with Crippen molar-refractivity contribution < 1.29 is 4.79 Å². The minimum atomic E-state index is -0.102. The summed E-state index contributed by atoms with van der Waals surface area (Å²) in [4.78, 5) is 12.2. The van der Waals surface area contributed by atoms with Crippen LogP contribution in [-0.4, -0.2) is 20.5 Å². The molecule has 2 aromatic rings. The Hall–Kier alpha value is -2.01. The Labute approximate surface area is 128 Å². The number of rotatable bonds is 4. The maximum absolute atomic E-state index is 12.2. The molecule has 0 fully saturated rings. The summed E-state index contributed by atoms with van der Waals surface area (Å²) >= 11 is -0.102. The average molecular weight is 345 g/mol. The molecule has 0 saturated carbocycles. The van der Waals surface area contributed by atoms with E-state index in [0.29, 0.717) is 13.0 Å². The van der Waals surface area contributed by atoms with E-state index in [1.807, 2.05) is 42.5 Å². The third-order valence-corrected chi connectivity index (χ3v) is 4.39. The molecule has 1 aliphatic heterocycles. The van der Waals surface area contributed by atoms with Crippen molar-refractivity contribution in [3.63, 3.8) is 0 Å². The van der Waals surface area contributed by atoms with Crippen LogP contribution < -0.4 is 11.1 Å². The molecule has 6 heteroatoms. The van der Waals surface area contributed by atoms with Crippen LogP contribution in [0, 0.1) is 0 Å². The molecule has 0 spiro atoms. The number of carbonyl (C=O) groups is 1. The van der Waals surface area contributed by atoms with Crippen LogP contribution in [0.25, 0.3) is 0 Å². The van der Waals surface area contributed by atoms with Crippen LogP contribution in [0.1, 0.15) is 11.1 Å². The fraction of sp³-hybridized carbons (Fsp3) is 0.133. The summed E-state index contributed by atoms with van der Waals surface area (Å²) in [7, 11) is 0. The van der Waals surface area contributed by atoms with Crippen molar-refractivity contribution in [2.45, 2.75) is 13.0 Å². The van der Waals surface area contributed by atoms with Crippen molar-refractivity contribution in [2.24, 2.45) is 13.7 Å². The van der Waals surface area contributed by atoms with E-state index in [1.165, 1.54) is 0 Å². The topological polar surface area (TPSA) is 79.8 Å². The number of carbonyl (C=O) groups excluding carboxylic acids is 1. The standard InChI is InChI=1S/C15H14N4OSe/c16-9-11-5-2-1-4-10(11)8-14(20)17-12-6-3-7-13-15(12)19-21-18-13/h1-7H,8-9,16H2,(H,17,20). The molecule has 21 heavy (non-hydrogen) atoms. The van der Waals surface area contributed by atoms with Gasteiger partial charge in [0, 0.05) is 0 Å². The molecule has 0 aliphatic carbocycles. The van der Waals surface area contributed by atoms with Crippen molar-refractivity contribution in [1.82, 2.24) is 0 Å². The molecule has 2 aromatic carbocycles. The second-order valence-electron chi connectivity index (χ2n) is 4.64. The van der Waals surface area contributed by atoms with Crippen LogP contribution in [0.2, 0.25) is 0 Å². The van der Waals surface area contributed by atoms with Gasteiger partial charge < -0.3 is 0 Å². The summed E-state index contributed by atoms with van der Waals surface area (Å²) in [5.74, 6) is -0.0705. The van der Waals surface area contributed by atoms with E-state index in [4.69, 9.17) is 5.73 Å². The van der Waals surface area contributed by atoms with Crippen molar-refractivity contribution in [1.29, 1.82) is 0 Å². The van der Waals surface area contributed by atoms with Gasteiger partial charge in [-0.25, -0.2) is 0 Å². The van der Waals surface area contributed by atoms with Crippen LogP contribution in [0.15, 0.2) is 50.4 Å². The van der Waals surface area contributed by atoms with Crippen molar-refractivity contribution >= 4 is 37.5 Å². The molecule has 3 N–H and O–H groups in total. The Morgan fingerprint density at radius 3 is 2.71 bits per heavy atom. The summed E-state index contributed by atoms with van der Waals surface area (Å²) in [5.41, 5.74) is 10.0. The molecular formula is C15H14N4OSe. The fourth-order valence-corrected chi connectivity index (χ4v) is 3.36. The first-order valence-electron chi connectivity index (χ1n) is 6.56. The zero-order valence-corrected chi connectivity index (χ0v) is 13.0. The first-order valence-corrected chi connectivity index (χ1v) is 8.09. The molecule has 3 rings (SSSR count). The number of hydrogen-bond donors (Lipinski definition) is 2. The molecule has 106 valence electrons. The third-order valence-electron chi connectivity index (χ3n) is 3.25. The molecule has 1 aliphatic rings. The summed E-state index contributed by atoms with van der Waals surface area (Å²) in [6.45, 7) is 0.431. The van der Waals surface area contributed by atoms with Crippen LogP contribution in [0.5, 0.6) is 0 Å². The van der Waals surface area contributed by atoms with E-state index in [-0.39, 0.29) is 20.5 Å². The van der Waals surface area contributed by atoms with Gasteiger partial charge in [-0.05, 0) is 0 Å². The predicted octanol–water partition coefficient (Wildman–Crippen LogP) is 2.67. The molecule has 0 unspecified atom stereocenters. The Kier molecular flexibility index (Phi) is 4.10. The normalized spacial score (nSPS) is 11.9. The van der Waals surface area contributed by atoms with E-state index >= 15 is 0 Å². The summed E-state index contributed by atoms with van der Waals surface area (Å²) in [6.07, 6.45) is 0.305. The van der Waals surface area contributed by atoms with E-state index in [2.05, 4.69) is 13.2 Å². The molecule has 0 bridgehead atoms. The molecule has 5 nitrogen and oxygen atoms in total. The second-order valence-corrected chi connectivity index (χ2v) is 5.74. The molecule has 0 aromatic heterocycles. The van der Waals surface area contributed by atoms with Crippen LogP contribution in [-0.2, 0) is 17.8 Å². The number of hydrogen-bond acceptors (Lipinski definition) is 4. The molecule has 1 heterocycles. The van der Waals surface area contributed by atoms with E-state index in [9.17, 15) is 4.79 Å². The third kappa shape index (κ3) is 3.03. The van der Waals surface area contributed by atoms with Crippen molar-refractivity contribution in [3.05, 3.63) is 53.6 Å². The number of nitrogens with zero attached hydrogens (tertiary/aromatic N) is 2. The Morgan fingerprint density at radius 1 is 1.10 bits per heavy atom. The summed E-state index contributed by atoms with van der Waals surface area (Å²) < 4.78 is 8.66. The van der Waals surface area contributed by atoms with E-state index < -0.39 is 0 Å². The van der Waals surface area contributed by atoms with Gasteiger partial charge in [0.1, 0.15) is 0 Å². The van der Waals surface area contributed by atoms with Crippen molar-refractivity contribution in [3.8, 4) is 0 Å². The minimum absolute atomic E-state index is 0.0705. The van der Waals surface area contributed by atoms with Gasteiger partial charge in [-0.2, -0.15) is 0 Å². The van der Waals surface area contributed by atoms with E-state index in [1.54, 1.807) is 0 Å². The fourth-order valence-electron chi connectivity index (χ4n) is 2.20. The van der Waals surface area contributed by atoms with Gasteiger partial charge in [-0.15, -0.1) is 0 Å². The Bertz CT molecular complexity index is 766. The van der Waals surface area contributed by atoms with Gasteiger partial charge in [-0.3, -0.25) is 0 Å². The number of nitrogens with one attached hydrogen (secondary N) is 1. The van der Waals surface area contributed by atoms with Gasteiger partial charge in [0.05, 0.1) is 0 Å². The zero-order valence-electron chi connectivity index (χ0n) is 11.2. The van der Waals surface area contributed by atoms with Gasteiger partial charge in [0.25, 0.3) is 0 Å². The first-order chi connectivity index (χ1) is 10.3. The Morgan fingerprint density at radius 2 is 1.90 bits per heavy atom. The maximum atomic E-state index is 12.2. The SMILES string of the molecule is NCc1ccccc1CC(=O)Nc1cccc2c1N=[Se]=N2. The number of benzene rings is 2. The Balaban J connectivity index is 1.76. The zero-order chi connectivity index (χ0) is 14.7. The van der Waals surface area contributed by atoms with Gasteiger partial charge in [0.15, 0.2) is 0 Å². The number of anilines is 1. The molecule has 0 saturated heterocycles. The van der Waals surface area contributed by atoms with E-state index in [0.717, 1.165) is 28.2 Å². The van der Waals surface area contributed by atoms with Gasteiger partial charge in [-0.1, -0.05) is 0 Å². The molecular weight excluding hydrogens is 331 g/mol. The quantitative estimate of drug-likeness (QED) is 0.713. The average Bonchev–Trinajstić information content (AvgIpc) is 2.97. The van der Waals surface area contributed by atoms with Crippen molar-refractivity contribution in [2.75, 3.05) is 5.32 Å². The second kappa shape index (κ2) is 6.18. The summed E-state index contributed by atoms with van der Waals surface area (Å²) in [5, 5.41) is 2.92. The monoisotopic (exact) mass is 346 g/mol. The number of fused-ring (bicyclic) bond motifs is 1. The molecule has 0 atom stereocenters. The number of nitrogens with two attached hydrogens (primary N) is 1. The van der Waals surface area contributed by atoms with Gasteiger partial charge in [0.2, 0.25) is 0 Å². The number of amides is 1. The van der Waals surface area contributed by atoms with Crippen LogP contribution in [0.3, 0.4) is 0 Å². The molecule has 1 amide bonds.